The Bertz CT molecular complexity index is 1760. The number of rotatable bonds is 13. The van der Waals surface area contributed by atoms with Gasteiger partial charge in [0.15, 0.2) is 5.84 Å². The highest BCUT2D eigenvalue weighted by Crippen LogP contribution is 2.64. The van der Waals surface area contributed by atoms with Gasteiger partial charge in [0, 0.05) is 34.8 Å². The van der Waals surface area contributed by atoms with Gasteiger partial charge in [0.05, 0.1) is 12.3 Å². The molecule has 0 saturated heterocycles. The summed E-state index contributed by atoms with van der Waals surface area (Å²) in [6.07, 6.45) is 4.86. The Balaban J connectivity index is 1.26. The Hall–Kier alpha value is -4.49. The first-order valence-corrected chi connectivity index (χ1v) is 16.7. The van der Waals surface area contributed by atoms with Crippen molar-refractivity contribution in [2.24, 2.45) is 21.7 Å². The molecule has 0 radical (unpaired) electrons. The number of Topliss-reactive ketones (excluding diaryl/α,β-unsaturated/α-hetero) is 1. The van der Waals surface area contributed by atoms with Gasteiger partial charge in [0.1, 0.15) is 11.8 Å². The van der Waals surface area contributed by atoms with Gasteiger partial charge in [-0.05, 0) is 71.0 Å². The number of aliphatic imine (C=N–C) groups is 1. The van der Waals surface area contributed by atoms with Crippen molar-refractivity contribution in [1.82, 2.24) is 9.71 Å². The fourth-order valence-corrected chi connectivity index (χ4v) is 8.84. The number of sulfonamides is 1. The largest absolute Gasteiger partial charge is 0.480 e. The molecule has 2 aliphatic rings. The number of aliphatic carboxylic acids is 1. The number of carboxylic acid groups (broad SMARTS) is 1. The molecular formula is C33H37N5O7S. The predicted molar refractivity (Wildman–Crippen MR) is 173 cm³/mol. The van der Waals surface area contributed by atoms with Gasteiger partial charge in [-0.1, -0.05) is 56.3 Å². The fourth-order valence-electron chi connectivity index (χ4n) is 6.81. The number of carboxylic acids is 1. The first-order valence-electron chi connectivity index (χ1n) is 15.0. The van der Waals surface area contributed by atoms with Crippen LogP contribution in [-0.2, 0) is 32.6 Å². The van der Waals surface area contributed by atoms with E-state index < -0.39 is 50.1 Å². The maximum absolute atomic E-state index is 13.2. The summed E-state index contributed by atoms with van der Waals surface area (Å²) in [4.78, 5) is 44.2. The Morgan fingerprint density at radius 1 is 1.13 bits per heavy atom. The summed E-state index contributed by atoms with van der Waals surface area (Å²) in [5.41, 5.74) is 2.19. The van der Waals surface area contributed by atoms with Crippen LogP contribution in [0.4, 0.5) is 5.69 Å². The highest BCUT2D eigenvalue weighted by atomic mass is 32.2. The quantitative estimate of drug-likeness (QED) is 0.105. The van der Waals surface area contributed by atoms with E-state index in [1.54, 1.807) is 54.9 Å². The first kappa shape index (κ1) is 32.9. The second-order valence-electron chi connectivity index (χ2n) is 12.7. The smallest absolute Gasteiger partial charge is 0.322 e. The number of aromatic nitrogens is 1. The number of nitro groups is 1. The average Bonchev–Trinajstić information content (AvgIpc) is 3.34. The third kappa shape index (κ3) is 7.15. The molecule has 0 spiro atoms. The molecule has 2 aliphatic carbocycles. The number of nitrogens with one attached hydrogen (secondary N) is 2. The van der Waals surface area contributed by atoms with Crippen LogP contribution in [0.3, 0.4) is 0 Å². The van der Waals surface area contributed by atoms with E-state index in [1.165, 1.54) is 0 Å². The van der Waals surface area contributed by atoms with E-state index in [9.17, 15) is 33.2 Å². The van der Waals surface area contributed by atoms with Crippen LogP contribution in [0.2, 0.25) is 0 Å². The number of hydrogen-bond acceptors (Lipinski definition) is 8. The zero-order valence-electron chi connectivity index (χ0n) is 25.7. The number of hydrogen-bond donors (Lipinski definition) is 3. The molecular weight excluding hydrogens is 610 g/mol. The van der Waals surface area contributed by atoms with Crippen molar-refractivity contribution >= 4 is 33.3 Å². The lowest BCUT2D eigenvalue weighted by Gasteiger charge is -2.36. The molecule has 2 saturated carbocycles. The summed E-state index contributed by atoms with van der Waals surface area (Å²) >= 11 is 0. The zero-order chi connectivity index (χ0) is 33.1. The van der Waals surface area contributed by atoms with Gasteiger partial charge in [-0.3, -0.25) is 29.7 Å². The molecule has 5 rings (SSSR count). The molecule has 12 nitrogen and oxygen atoms in total. The summed E-state index contributed by atoms with van der Waals surface area (Å²) in [5, 5.41) is 24.2. The lowest BCUT2D eigenvalue weighted by Crippen LogP contribution is -2.49. The van der Waals surface area contributed by atoms with Crippen LogP contribution in [0.25, 0.3) is 11.1 Å². The maximum Gasteiger partial charge on any atom is 0.322 e. The van der Waals surface area contributed by atoms with Gasteiger partial charge >= 0.3 is 5.97 Å². The number of benzene rings is 2. The average molecular weight is 648 g/mol. The molecule has 13 heteroatoms. The topological polar surface area (TPSA) is 181 Å². The van der Waals surface area contributed by atoms with Crippen LogP contribution >= 0.6 is 0 Å². The van der Waals surface area contributed by atoms with E-state index in [1.807, 2.05) is 32.0 Å². The van der Waals surface area contributed by atoms with E-state index in [0.717, 1.165) is 23.1 Å². The normalized spacial score (nSPS) is 21.2. The first-order chi connectivity index (χ1) is 21.8. The Labute approximate surface area is 267 Å². The molecule has 242 valence electrons. The standard InChI is InChI=1S/C33H37N5O7S/c1-32(2)26-12-13-33(32,29(39)17-26)21-46(44,45)37-28(31(40)41)15-22-8-10-24(11-9-22)25-6-3-7-27(16-25)36-30(20-38(42)43)35-19-23-5-4-14-34-18-23/h3-11,14,16,18,26,28,37H,12-13,15,17,19-21H2,1-2H3,(H,35,36)(H,40,41)/t26-,28-,33?/m0/s1. The van der Waals surface area contributed by atoms with Crippen molar-refractivity contribution in [3.05, 3.63) is 94.3 Å². The van der Waals surface area contributed by atoms with Crippen molar-refractivity contribution in [3.63, 3.8) is 0 Å². The molecule has 1 aromatic heterocycles. The monoisotopic (exact) mass is 647 g/mol. The number of pyridine rings is 1. The summed E-state index contributed by atoms with van der Waals surface area (Å²) in [6.45, 7) is 3.63. The molecule has 3 N–H and O–H groups in total. The van der Waals surface area contributed by atoms with Crippen molar-refractivity contribution in [3.8, 4) is 11.1 Å². The molecule has 0 amide bonds. The van der Waals surface area contributed by atoms with E-state index in [0.29, 0.717) is 24.1 Å². The number of carbonyl (C=O) groups is 2. The van der Waals surface area contributed by atoms with Crippen LogP contribution in [0.15, 0.2) is 78.0 Å². The highest BCUT2D eigenvalue weighted by molar-refractivity contribution is 7.89. The lowest BCUT2D eigenvalue weighted by molar-refractivity contribution is -0.463. The summed E-state index contributed by atoms with van der Waals surface area (Å²) < 4.78 is 28.9. The van der Waals surface area contributed by atoms with Gasteiger partial charge in [-0.25, -0.2) is 13.1 Å². The maximum atomic E-state index is 13.2. The zero-order valence-corrected chi connectivity index (χ0v) is 26.5. The van der Waals surface area contributed by atoms with Crippen molar-refractivity contribution in [2.75, 3.05) is 17.6 Å². The third-order valence-electron chi connectivity index (χ3n) is 9.53. The molecule has 2 bridgehead atoms. The third-order valence-corrected chi connectivity index (χ3v) is 11.0. The number of nitrogens with zero attached hydrogens (tertiary/aromatic N) is 3. The Morgan fingerprint density at radius 2 is 1.89 bits per heavy atom. The lowest BCUT2D eigenvalue weighted by atomic mass is 9.70. The second kappa shape index (κ2) is 13.1. The second-order valence-corrected chi connectivity index (χ2v) is 14.4. The van der Waals surface area contributed by atoms with E-state index in [-0.39, 0.29) is 30.5 Å². The fraction of sp³-hybridized carbons (Fsp3) is 0.394. The molecule has 1 heterocycles. The molecule has 46 heavy (non-hydrogen) atoms. The SMILES string of the molecule is CC1(C)[C@H]2CCC1(CS(=O)(=O)N[C@@H](Cc1ccc(-c3cccc(NC(C[N+](=O)[O-])=NCc4cccnc4)c3)cc1)C(=O)O)C(=O)C2. The Morgan fingerprint density at radius 3 is 2.50 bits per heavy atom. The van der Waals surface area contributed by atoms with Crippen LogP contribution in [-0.4, -0.2) is 59.4 Å². The number of fused-ring (bicyclic) bond motifs is 2. The van der Waals surface area contributed by atoms with E-state index in [4.69, 9.17) is 0 Å². The van der Waals surface area contributed by atoms with Crippen LogP contribution in [0.1, 0.15) is 44.2 Å². The van der Waals surface area contributed by atoms with Crippen LogP contribution in [0, 0.1) is 26.9 Å². The van der Waals surface area contributed by atoms with Gasteiger partial charge in [-0.15, -0.1) is 0 Å². The Kier molecular flexibility index (Phi) is 9.36. The minimum Gasteiger partial charge on any atom is -0.480 e. The minimum atomic E-state index is -4.08. The summed E-state index contributed by atoms with van der Waals surface area (Å²) in [6, 6.07) is 16.5. The number of amidine groups is 1. The van der Waals surface area contributed by atoms with Gasteiger partial charge in [0.2, 0.25) is 10.0 Å². The molecule has 3 atom stereocenters. The number of carbonyl (C=O) groups excluding carboxylic acids is 1. The van der Waals surface area contributed by atoms with E-state index >= 15 is 0 Å². The van der Waals surface area contributed by atoms with Gasteiger partial charge in [-0.2, -0.15) is 0 Å². The van der Waals surface area contributed by atoms with Gasteiger partial charge in [0.25, 0.3) is 6.54 Å². The van der Waals surface area contributed by atoms with Crippen molar-refractivity contribution in [2.45, 2.75) is 52.1 Å². The predicted octanol–water partition coefficient (Wildman–Crippen LogP) is 4.35. The number of ketones is 1. The van der Waals surface area contributed by atoms with Crippen LogP contribution in [0.5, 0.6) is 0 Å². The van der Waals surface area contributed by atoms with Crippen molar-refractivity contribution in [1.29, 1.82) is 0 Å². The van der Waals surface area contributed by atoms with Crippen LogP contribution < -0.4 is 10.0 Å². The molecule has 3 aromatic rings. The summed E-state index contributed by atoms with van der Waals surface area (Å²) in [7, 11) is -4.08. The molecule has 0 aliphatic heterocycles. The minimum absolute atomic E-state index is 0.0492. The molecule has 1 unspecified atom stereocenters. The van der Waals surface area contributed by atoms with E-state index in [2.05, 4.69) is 20.0 Å². The summed E-state index contributed by atoms with van der Waals surface area (Å²) in [5.74, 6) is -1.42. The van der Waals surface area contributed by atoms with Gasteiger partial charge < -0.3 is 10.4 Å². The number of anilines is 1. The van der Waals surface area contributed by atoms with Crippen molar-refractivity contribution < 1.29 is 28.0 Å². The highest BCUT2D eigenvalue weighted by Gasteiger charge is 2.65. The molecule has 2 aromatic carbocycles. The molecule has 2 fully saturated rings.